The van der Waals surface area contributed by atoms with Crippen molar-refractivity contribution in [2.45, 2.75) is 386 Å². The summed E-state index contributed by atoms with van der Waals surface area (Å²) in [7, 11) is 0. The average Bonchev–Trinajstić information content (AvgIpc) is 3.40. The van der Waals surface area contributed by atoms with Crippen LogP contribution in [0.3, 0.4) is 0 Å². The molecule has 3 N–H and O–H groups in total. The topological polar surface area (TPSA) is 95.9 Å². The van der Waals surface area contributed by atoms with Crippen molar-refractivity contribution in [1.29, 1.82) is 0 Å². The van der Waals surface area contributed by atoms with Crippen molar-refractivity contribution in [1.82, 2.24) is 5.32 Å². The van der Waals surface area contributed by atoms with Crippen LogP contribution in [0.25, 0.3) is 0 Å². The number of carbonyl (C=O) groups excluding carboxylic acids is 2. The van der Waals surface area contributed by atoms with Crippen LogP contribution in [0.5, 0.6) is 0 Å². The smallest absolute Gasteiger partial charge is 0.305 e. The number of ether oxygens (including phenoxy) is 1. The summed E-state index contributed by atoms with van der Waals surface area (Å²) in [5.41, 5.74) is 0. The van der Waals surface area contributed by atoms with E-state index in [4.69, 9.17) is 4.74 Å². The molecular formula is C68H131NO5. The quantitative estimate of drug-likeness (QED) is 0.0320. The number of allylic oxidation sites excluding steroid dienone is 3. The summed E-state index contributed by atoms with van der Waals surface area (Å²) in [5.74, 6) is -0.0447. The SMILES string of the molecule is CCCCCCCCCCCC/C=C/C(O)C(CO)NC(=O)CCCCCCCCCCCCCCCCCC/C=C\CCCCCCCCCCCCCCOC(=O)CCCCCCCCCCCCCCC. The molecule has 0 rings (SSSR count). The number of amides is 1. The number of carbonyl (C=O) groups is 2. The van der Waals surface area contributed by atoms with Gasteiger partial charge in [-0.05, 0) is 57.8 Å². The zero-order chi connectivity index (χ0) is 53.6. The third kappa shape index (κ3) is 59.6. The lowest BCUT2D eigenvalue weighted by Crippen LogP contribution is -2.45. The lowest BCUT2D eigenvalue weighted by atomic mass is 10.0. The first-order chi connectivity index (χ1) is 36.5. The van der Waals surface area contributed by atoms with Gasteiger partial charge in [0.05, 0.1) is 25.4 Å². The Balaban J connectivity index is 3.34. The second kappa shape index (κ2) is 63.9. The monoisotopic (exact) mass is 1040 g/mol. The molecule has 1 amide bonds. The lowest BCUT2D eigenvalue weighted by Gasteiger charge is -2.20. The molecule has 0 spiro atoms. The maximum atomic E-state index is 12.4. The highest BCUT2D eigenvalue weighted by atomic mass is 16.5. The molecule has 0 heterocycles. The molecule has 0 saturated carbocycles. The Labute approximate surface area is 462 Å². The van der Waals surface area contributed by atoms with Crippen molar-refractivity contribution in [3.8, 4) is 0 Å². The van der Waals surface area contributed by atoms with Gasteiger partial charge in [0.25, 0.3) is 0 Å². The van der Waals surface area contributed by atoms with E-state index in [2.05, 4.69) is 31.3 Å². The van der Waals surface area contributed by atoms with Gasteiger partial charge in [0.1, 0.15) is 0 Å². The molecule has 0 aromatic carbocycles. The number of rotatable bonds is 63. The summed E-state index contributed by atoms with van der Waals surface area (Å²) in [5, 5.41) is 23.1. The first-order valence-electron chi connectivity index (χ1n) is 33.6. The van der Waals surface area contributed by atoms with Crippen molar-refractivity contribution in [2.24, 2.45) is 0 Å². The molecule has 0 aliphatic carbocycles. The largest absolute Gasteiger partial charge is 0.466 e. The molecule has 74 heavy (non-hydrogen) atoms. The molecular weight excluding hydrogens is 911 g/mol. The molecule has 0 fully saturated rings. The molecule has 2 unspecified atom stereocenters. The van der Waals surface area contributed by atoms with Crippen molar-refractivity contribution >= 4 is 11.9 Å². The van der Waals surface area contributed by atoms with E-state index >= 15 is 0 Å². The van der Waals surface area contributed by atoms with Crippen LogP contribution >= 0.6 is 0 Å². The van der Waals surface area contributed by atoms with Gasteiger partial charge in [-0.15, -0.1) is 0 Å². The molecule has 6 nitrogen and oxygen atoms in total. The van der Waals surface area contributed by atoms with Crippen molar-refractivity contribution in [3.63, 3.8) is 0 Å². The molecule has 0 radical (unpaired) electrons. The van der Waals surface area contributed by atoms with Gasteiger partial charge in [0.2, 0.25) is 5.91 Å². The number of aliphatic hydroxyl groups is 2. The summed E-state index contributed by atoms with van der Waals surface area (Å²) < 4.78 is 5.49. The van der Waals surface area contributed by atoms with Gasteiger partial charge in [0.15, 0.2) is 0 Å². The molecule has 6 heteroatoms. The summed E-state index contributed by atoms with van der Waals surface area (Å²) in [6.45, 7) is 4.92. The van der Waals surface area contributed by atoms with Crippen LogP contribution in [0.1, 0.15) is 373 Å². The van der Waals surface area contributed by atoms with E-state index in [1.165, 1.54) is 308 Å². The zero-order valence-electron chi connectivity index (χ0n) is 50.1. The minimum atomic E-state index is -0.841. The van der Waals surface area contributed by atoms with Crippen LogP contribution in [-0.4, -0.2) is 47.4 Å². The Morgan fingerprint density at radius 3 is 0.959 bits per heavy atom. The van der Waals surface area contributed by atoms with Crippen LogP contribution in [0.15, 0.2) is 24.3 Å². The minimum absolute atomic E-state index is 0.0198. The summed E-state index contributed by atoms with van der Waals surface area (Å²) in [4.78, 5) is 24.5. The number of unbranched alkanes of at least 4 members (excludes halogenated alkanes) is 50. The number of hydrogen-bond acceptors (Lipinski definition) is 5. The third-order valence-electron chi connectivity index (χ3n) is 15.7. The van der Waals surface area contributed by atoms with E-state index < -0.39 is 12.1 Å². The highest BCUT2D eigenvalue weighted by Gasteiger charge is 2.18. The fourth-order valence-electron chi connectivity index (χ4n) is 10.6. The van der Waals surface area contributed by atoms with Crippen molar-refractivity contribution < 1.29 is 24.5 Å². The number of aliphatic hydroxyl groups excluding tert-OH is 2. The Kier molecular flexibility index (Phi) is 62.4. The van der Waals surface area contributed by atoms with Gasteiger partial charge in [-0.1, -0.05) is 327 Å². The van der Waals surface area contributed by atoms with E-state index in [9.17, 15) is 19.8 Å². The Hall–Kier alpha value is -1.66. The Morgan fingerprint density at radius 2 is 0.635 bits per heavy atom. The van der Waals surface area contributed by atoms with Gasteiger partial charge in [0, 0.05) is 12.8 Å². The van der Waals surface area contributed by atoms with Crippen molar-refractivity contribution in [3.05, 3.63) is 24.3 Å². The van der Waals surface area contributed by atoms with Gasteiger partial charge in [-0.3, -0.25) is 9.59 Å². The highest BCUT2D eigenvalue weighted by molar-refractivity contribution is 5.76. The normalized spacial score (nSPS) is 12.6. The van der Waals surface area contributed by atoms with Crippen LogP contribution in [0, 0.1) is 0 Å². The second-order valence-corrected chi connectivity index (χ2v) is 23.2. The molecule has 0 aliphatic heterocycles. The summed E-state index contributed by atoms with van der Waals surface area (Å²) in [6.07, 6.45) is 79.7. The molecule has 0 aromatic heterocycles. The maximum Gasteiger partial charge on any atom is 0.305 e. The van der Waals surface area contributed by atoms with Gasteiger partial charge in [-0.25, -0.2) is 0 Å². The van der Waals surface area contributed by atoms with E-state index in [0.717, 1.165) is 38.5 Å². The average molecular weight is 1040 g/mol. The van der Waals surface area contributed by atoms with Crippen LogP contribution in [-0.2, 0) is 14.3 Å². The molecule has 0 aliphatic rings. The molecule has 0 saturated heterocycles. The number of nitrogens with one attached hydrogen (secondary N) is 1. The van der Waals surface area contributed by atoms with Gasteiger partial charge in [-0.2, -0.15) is 0 Å². The van der Waals surface area contributed by atoms with E-state index in [1.807, 2.05) is 6.08 Å². The zero-order valence-corrected chi connectivity index (χ0v) is 50.1. The fourth-order valence-corrected chi connectivity index (χ4v) is 10.6. The van der Waals surface area contributed by atoms with E-state index in [1.54, 1.807) is 6.08 Å². The highest BCUT2D eigenvalue weighted by Crippen LogP contribution is 2.18. The Morgan fingerprint density at radius 1 is 0.365 bits per heavy atom. The first-order valence-corrected chi connectivity index (χ1v) is 33.6. The molecule has 2 atom stereocenters. The minimum Gasteiger partial charge on any atom is -0.466 e. The Bertz CT molecular complexity index is 1150. The summed E-state index contributed by atoms with van der Waals surface area (Å²) in [6, 6.07) is -0.624. The lowest BCUT2D eigenvalue weighted by molar-refractivity contribution is -0.143. The standard InChI is InChI=1S/C68H131NO5/c1-3-5-7-9-11-13-15-37-42-46-50-54-58-62-68(73)74-63-59-55-51-47-43-39-36-34-32-30-28-26-24-22-20-18-17-19-21-23-25-27-29-31-33-35-38-41-45-49-53-57-61-67(72)69-65(64-70)66(71)60-56-52-48-44-40-16-14-12-10-8-6-4-2/h20,22,56,60,65-66,70-71H,3-19,21,23-55,57-59,61-64H2,1-2H3,(H,69,72)/b22-20-,60-56+. The molecule has 438 valence electrons. The van der Waals surface area contributed by atoms with Crippen molar-refractivity contribution in [2.75, 3.05) is 13.2 Å². The van der Waals surface area contributed by atoms with Crippen LogP contribution in [0.2, 0.25) is 0 Å². The number of hydrogen-bond donors (Lipinski definition) is 3. The first kappa shape index (κ1) is 72.3. The maximum absolute atomic E-state index is 12.4. The van der Waals surface area contributed by atoms with E-state index in [-0.39, 0.29) is 18.5 Å². The number of esters is 1. The predicted molar refractivity (Wildman–Crippen MR) is 324 cm³/mol. The predicted octanol–water partition coefficient (Wildman–Crippen LogP) is 21.4. The van der Waals surface area contributed by atoms with E-state index in [0.29, 0.717) is 19.4 Å². The van der Waals surface area contributed by atoms with Crippen LogP contribution < -0.4 is 5.32 Å². The second-order valence-electron chi connectivity index (χ2n) is 23.2. The van der Waals surface area contributed by atoms with Crippen LogP contribution in [0.4, 0.5) is 0 Å². The summed E-state index contributed by atoms with van der Waals surface area (Å²) >= 11 is 0. The molecule has 0 aromatic rings. The fraction of sp³-hybridized carbons (Fsp3) is 0.912. The van der Waals surface area contributed by atoms with Gasteiger partial charge < -0.3 is 20.3 Å². The third-order valence-corrected chi connectivity index (χ3v) is 15.7. The molecule has 0 bridgehead atoms. The van der Waals surface area contributed by atoms with Gasteiger partial charge >= 0.3 is 5.97 Å².